The number of nitrogens with zero attached hydrogens (tertiary/aromatic N) is 5. The Kier molecular flexibility index (Phi) is 5.30. The molecule has 1 saturated heterocycles. The van der Waals surface area contributed by atoms with Gasteiger partial charge in [0.05, 0.1) is 5.92 Å². The van der Waals surface area contributed by atoms with Crippen molar-refractivity contribution >= 4 is 5.91 Å². The first-order valence-electron chi connectivity index (χ1n) is 12.0. The smallest absolute Gasteiger partial charge is 0.250 e. The van der Waals surface area contributed by atoms with E-state index >= 15 is 0 Å². The molecule has 2 atom stereocenters. The summed E-state index contributed by atoms with van der Waals surface area (Å²) in [5, 5.41) is 7.71. The molecule has 1 amide bonds. The molecule has 0 saturated carbocycles. The number of aryl methyl sites for hydroxylation is 1. The van der Waals surface area contributed by atoms with Crippen LogP contribution in [-0.2, 0) is 17.9 Å². The lowest BCUT2D eigenvalue weighted by molar-refractivity contribution is -0.115. The molecule has 176 valence electrons. The minimum atomic E-state index is -0.349. The zero-order valence-electron chi connectivity index (χ0n) is 19.2. The molecule has 0 radical (unpaired) electrons. The molecule has 1 aromatic heterocycles. The molecule has 1 aliphatic carbocycles. The van der Waals surface area contributed by atoms with Crippen LogP contribution in [0.1, 0.15) is 48.6 Å². The second kappa shape index (κ2) is 8.48. The first-order chi connectivity index (χ1) is 16.6. The Morgan fingerprint density at radius 3 is 2.76 bits per heavy atom. The second-order valence-corrected chi connectivity index (χ2v) is 9.33. The lowest BCUT2D eigenvalue weighted by Crippen LogP contribution is -2.41. The maximum absolute atomic E-state index is 14.8. The number of hydrazine groups is 1. The Balaban J connectivity index is 1.45. The highest BCUT2D eigenvalue weighted by atomic mass is 19.2. The predicted molar refractivity (Wildman–Crippen MR) is 124 cm³/mol. The first kappa shape index (κ1) is 21.2. The average Bonchev–Trinajstić information content (AvgIpc) is 3.22. The number of carbonyl (C=O) groups is 1. The van der Waals surface area contributed by atoms with Gasteiger partial charge >= 0.3 is 0 Å². The number of likely N-dealkylation sites (tertiary alicyclic amines) is 1. The Labute approximate surface area is 197 Å². The van der Waals surface area contributed by atoms with Gasteiger partial charge < -0.3 is 5.32 Å². The minimum absolute atomic E-state index is 0.0850. The Bertz CT molecular complexity index is 1210. The third-order valence-corrected chi connectivity index (χ3v) is 7.37. The molecule has 2 unspecified atom stereocenters. The third kappa shape index (κ3) is 3.56. The van der Waals surface area contributed by atoms with Gasteiger partial charge in [0, 0.05) is 43.4 Å². The van der Waals surface area contributed by atoms with E-state index in [-0.39, 0.29) is 23.4 Å². The highest BCUT2D eigenvalue weighted by molar-refractivity contribution is 5.91. The average molecular weight is 462 g/mol. The van der Waals surface area contributed by atoms with Crippen LogP contribution in [0.2, 0.25) is 0 Å². The molecule has 0 spiro atoms. The van der Waals surface area contributed by atoms with Gasteiger partial charge in [-0.15, -0.1) is 5.23 Å². The fourth-order valence-corrected chi connectivity index (χ4v) is 5.56. The number of hydrogen-bond acceptors (Lipinski definition) is 6. The van der Waals surface area contributed by atoms with Crippen molar-refractivity contribution in [3.63, 3.8) is 0 Å². The van der Waals surface area contributed by atoms with Gasteiger partial charge in [0.1, 0.15) is 17.8 Å². The van der Waals surface area contributed by atoms with Gasteiger partial charge in [-0.2, -0.15) is 5.10 Å². The van der Waals surface area contributed by atoms with Crippen molar-refractivity contribution in [1.29, 1.82) is 0 Å². The molecule has 3 aliphatic heterocycles. The maximum atomic E-state index is 14.8. The van der Waals surface area contributed by atoms with Crippen molar-refractivity contribution in [2.75, 3.05) is 19.6 Å². The van der Waals surface area contributed by atoms with Gasteiger partial charge in [-0.3, -0.25) is 9.69 Å². The summed E-state index contributed by atoms with van der Waals surface area (Å²) in [6, 6.07) is 8.87. The molecular formula is C25H28FN7O. The predicted octanol–water partition coefficient (Wildman–Crippen LogP) is 2.67. The van der Waals surface area contributed by atoms with Crippen LogP contribution in [0, 0.1) is 0 Å². The molecule has 2 N–H and O–H groups in total. The summed E-state index contributed by atoms with van der Waals surface area (Å²) in [4.78, 5) is 19.5. The quantitative estimate of drug-likeness (QED) is 0.667. The largest absolute Gasteiger partial charge is 0.329 e. The van der Waals surface area contributed by atoms with Crippen LogP contribution in [0.5, 0.6) is 0 Å². The monoisotopic (exact) mass is 461 g/mol. The van der Waals surface area contributed by atoms with E-state index in [0.717, 1.165) is 35.5 Å². The molecule has 4 aliphatic rings. The van der Waals surface area contributed by atoms with E-state index in [2.05, 4.69) is 50.0 Å². The lowest BCUT2D eigenvalue weighted by atomic mass is 9.68. The number of carbonyl (C=O) groups excluding carboxylic acids is 1. The zero-order chi connectivity index (χ0) is 23.2. The van der Waals surface area contributed by atoms with Crippen LogP contribution < -0.4 is 10.7 Å². The number of aromatic nitrogens is 3. The molecule has 4 heterocycles. The molecule has 0 bridgehead atoms. The Hall–Kier alpha value is -3.30. The van der Waals surface area contributed by atoms with Crippen molar-refractivity contribution < 1.29 is 9.28 Å². The van der Waals surface area contributed by atoms with Crippen LogP contribution >= 0.6 is 0 Å². The van der Waals surface area contributed by atoms with E-state index in [1.54, 1.807) is 12.5 Å². The van der Waals surface area contributed by atoms with E-state index in [1.807, 2.05) is 11.6 Å². The molecule has 34 heavy (non-hydrogen) atoms. The number of halogens is 1. The highest BCUT2D eigenvalue weighted by Gasteiger charge is 2.43. The van der Waals surface area contributed by atoms with Crippen molar-refractivity contribution in [2.45, 2.75) is 44.7 Å². The number of rotatable bonds is 5. The summed E-state index contributed by atoms with van der Waals surface area (Å²) < 4.78 is 16.7. The van der Waals surface area contributed by atoms with Crippen LogP contribution in [0.25, 0.3) is 0 Å². The summed E-state index contributed by atoms with van der Waals surface area (Å²) >= 11 is 0. The molecule has 9 heteroatoms. The van der Waals surface area contributed by atoms with Gasteiger partial charge in [-0.1, -0.05) is 28.7 Å². The van der Waals surface area contributed by atoms with Crippen molar-refractivity contribution in [3.05, 3.63) is 82.2 Å². The summed E-state index contributed by atoms with van der Waals surface area (Å²) in [6.07, 6.45) is 6.66. The number of amides is 1. The Morgan fingerprint density at radius 1 is 1.21 bits per heavy atom. The number of benzene rings is 1. The van der Waals surface area contributed by atoms with Crippen LogP contribution in [0.3, 0.4) is 0 Å². The first-order valence-corrected chi connectivity index (χ1v) is 12.0. The van der Waals surface area contributed by atoms with Gasteiger partial charge in [0.2, 0.25) is 5.91 Å². The lowest BCUT2D eigenvalue weighted by Gasteiger charge is -2.40. The van der Waals surface area contributed by atoms with Crippen LogP contribution in [-0.4, -0.2) is 50.4 Å². The SMILES string of the molecule is CCn1ncnc1C1C2=CNC(=O)C=C3C2=C(CNN3F)CC1c1ccc(CN2CCC2)cc1. The maximum Gasteiger partial charge on any atom is 0.250 e. The molecule has 1 fully saturated rings. The highest BCUT2D eigenvalue weighted by Crippen LogP contribution is 2.52. The van der Waals surface area contributed by atoms with E-state index in [0.29, 0.717) is 18.3 Å². The van der Waals surface area contributed by atoms with E-state index in [4.69, 9.17) is 0 Å². The summed E-state index contributed by atoms with van der Waals surface area (Å²) in [5.41, 5.74) is 8.30. The van der Waals surface area contributed by atoms with E-state index in [1.165, 1.54) is 36.7 Å². The summed E-state index contributed by atoms with van der Waals surface area (Å²) in [5.74, 6) is 0.393. The second-order valence-electron chi connectivity index (χ2n) is 9.33. The van der Waals surface area contributed by atoms with Crippen LogP contribution in [0.4, 0.5) is 4.48 Å². The number of nitrogens with one attached hydrogen (secondary N) is 2. The molecule has 6 rings (SSSR count). The Morgan fingerprint density at radius 2 is 2.03 bits per heavy atom. The fraction of sp³-hybridized carbons (Fsp3) is 0.400. The summed E-state index contributed by atoms with van der Waals surface area (Å²) in [7, 11) is 0. The standard InChI is InChI=1S/C25H28FN7O/c1-2-32-25(28-15-30-32)24-19(17-6-4-16(5-7-17)14-31-8-3-9-31)10-18-12-29-33(26)21-11-22(34)27-13-20(24)23(18)21/h4-7,11,13,15,19,24,29H,2-3,8-10,12,14H2,1H3,(H,27,34). The van der Waals surface area contributed by atoms with E-state index < -0.39 is 0 Å². The fourth-order valence-electron chi connectivity index (χ4n) is 5.56. The third-order valence-electron chi connectivity index (χ3n) is 7.37. The minimum Gasteiger partial charge on any atom is -0.329 e. The van der Waals surface area contributed by atoms with Gasteiger partial charge in [-0.05, 0) is 55.1 Å². The molecule has 1 aromatic carbocycles. The summed E-state index contributed by atoms with van der Waals surface area (Å²) in [6.45, 7) is 6.43. The van der Waals surface area contributed by atoms with Gasteiger partial charge in [-0.25, -0.2) is 15.1 Å². The normalized spacial score (nSPS) is 24.6. The van der Waals surface area contributed by atoms with Crippen molar-refractivity contribution in [1.82, 2.24) is 35.6 Å². The molecule has 2 aromatic rings. The molecular weight excluding hydrogens is 433 g/mol. The zero-order valence-corrected chi connectivity index (χ0v) is 19.2. The molecule has 8 nitrogen and oxygen atoms in total. The topological polar surface area (TPSA) is 78.3 Å². The van der Waals surface area contributed by atoms with Crippen molar-refractivity contribution in [3.8, 4) is 0 Å². The van der Waals surface area contributed by atoms with Crippen LogP contribution in [0.15, 0.2) is 65.3 Å². The number of allylic oxidation sites excluding steroid dienone is 1. The van der Waals surface area contributed by atoms with E-state index in [9.17, 15) is 9.28 Å². The number of hydrogen-bond donors (Lipinski definition) is 2. The van der Waals surface area contributed by atoms with Gasteiger partial charge in [0.25, 0.3) is 0 Å². The van der Waals surface area contributed by atoms with Gasteiger partial charge in [0.15, 0.2) is 0 Å². The van der Waals surface area contributed by atoms with Crippen molar-refractivity contribution in [2.24, 2.45) is 0 Å².